The number of aryl methyl sites for hydroxylation is 1. The predicted molar refractivity (Wildman–Crippen MR) is 105 cm³/mol. The first-order chi connectivity index (χ1) is 13.6. The van der Waals surface area contributed by atoms with Gasteiger partial charge in [-0.1, -0.05) is 0 Å². The molecule has 1 heterocycles. The summed E-state index contributed by atoms with van der Waals surface area (Å²) in [5.74, 6) is -1.81. The fraction of sp³-hybridized carbons (Fsp3) is 0.333. The van der Waals surface area contributed by atoms with Crippen molar-refractivity contribution in [2.45, 2.75) is 46.8 Å². The molecular weight excluding hydrogens is 374 g/mol. The number of carbonyl (C=O) groups is 3. The molecule has 0 bridgehead atoms. The van der Waals surface area contributed by atoms with Crippen LogP contribution in [0.4, 0.5) is 5.69 Å². The van der Waals surface area contributed by atoms with Crippen LogP contribution < -0.4 is 5.32 Å². The number of hydrogen-bond donors (Lipinski definition) is 2. The molecule has 2 aromatic rings. The van der Waals surface area contributed by atoms with E-state index in [0.29, 0.717) is 22.5 Å². The maximum atomic E-state index is 12.5. The SMILES string of the molecule is Cc1[nH]c(C(=O)O[C@H](C)C(=O)Nc2ccc(C#N)cc2)c(C)c1C(=O)OC(C)C. The molecule has 0 radical (unpaired) electrons. The van der Waals surface area contributed by atoms with Crippen molar-refractivity contribution in [3.8, 4) is 6.07 Å². The summed E-state index contributed by atoms with van der Waals surface area (Å²) in [6.07, 6.45) is -1.37. The fourth-order valence-corrected chi connectivity index (χ4v) is 2.68. The lowest BCUT2D eigenvalue weighted by Gasteiger charge is -2.13. The van der Waals surface area contributed by atoms with Crippen molar-refractivity contribution in [2.75, 3.05) is 5.32 Å². The topological polar surface area (TPSA) is 121 Å². The van der Waals surface area contributed by atoms with Gasteiger partial charge in [0.2, 0.25) is 0 Å². The van der Waals surface area contributed by atoms with Gasteiger partial charge in [-0.25, -0.2) is 9.59 Å². The quantitative estimate of drug-likeness (QED) is 0.722. The third-order valence-corrected chi connectivity index (χ3v) is 4.12. The van der Waals surface area contributed by atoms with Gasteiger partial charge in [0.15, 0.2) is 6.10 Å². The smallest absolute Gasteiger partial charge is 0.355 e. The second-order valence-electron chi connectivity index (χ2n) is 6.81. The molecule has 0 aliphatic carbocycles. The number of amides is 1. The van der Waals surface area contributed by atoms with E-state index >= 15 is 0 Å². The van der Waals surface area contributed by atoms with Crippen LogP contribution in [-0.4, -0.2) is 35.0 Å². The molecule has 1 atom stereocenters. The number of anilines is 1. The van der Waals surface area contributed by atoms with Crippen LogP contribution in [0, 0.1) is 25.2 Å². The van der Waals surface area contributed by atoms with Crippen molar-refractivity contribution in [1.29, 1.82) is 5.26 Å². The highest BCUT2D eigenvalue weighted by atomic mass is 16.6. The van der Waals surface area contributed by atoms with Gasteiger partial charge in [-0.15, -0.1) is 0 Å². The number of aromatic nitrogens is 1. The minimum atomic E-state index is -1.08. The first-order valence-electron chi connectivity index (χ1n) is 9.06. The molecular formula is C21H23N3O5. The van der Waals surface area contributed by atoms with E-state index in [4.69, 9.17) is 14.7 Å². The molecule has 0 fully saturated rings. The molecule has 8 nitrogen and oxygen atoms in total. The van der Waals surface area contributed by atoms with Crippen LogP contribution in [0.15, 0.2) is 24.3 Å². The van der Waals surface area contributed by atoms with Gasteiger partial charge >= 0.3 is 11.9 Å². The van der Waals surface area contributed by atoms with E-state index < -0.39 is 23.9 Å². The van der Waals surface area contributed by atoms with Crippen LogP contribution in [-0.2, 0) is 14.3 Å². The standard InChI is InChI=1S/C21H23N3O5/c1-11(2)28-20(26)17-12(3)18(23-13(17)4)21(27)29-14(5)19(25)24-16-8-6-15(10-22)7-9-16/h6-9,11,14,23H,1-5H3,(H,24,25)/t14-/m1/s1. The molecule has 1 aromatic carbocycles. The zero-order valence-electron chi connectivity index (χ0n) is 17.0. The summed E-state index contributed by atoms with van der Waals surface area (Å²) in [5, 5.41) is 11.4. The lowest BCUT2D eigenvalue weighted by atomic mass is 10.1. The molecule has 152 valence electrons. The first kappa shape index (κ1) is 21.7. The predicted octanol–water partition coefficient (Wildman–Crippen LogP) is 3.25. The molecule has 2 N–H and O–H groups in total. The molecule has 1 amide bonds. The maximum Gasteiger partial charge on any atom is 0.355 e. The number of nitrogens with zero attached hydrogens (tertiary/aromatic N) is 1. The molecule has 0 aliphatic heterocycles. The summed E-state index contributed by atoms with van der Waals surface area (Å²) in [4.78, 5) is 39.9. The van der Waals surface area contributed by atoms with E-state index in [-0.39, 0.29) is 17.4 Å². The summed E-state index contributed by atoms with van der Waals surface area (Å²) in [6, 6.07) is 8.27. The number of nitrogens with one attached hydrogen (secondary N) is 2. The highest BCUT2D eigenvalue weighted by Crippen LogP contribution is 2.21. The van der Waals surface area contributed by atoms with Crippen LogP contribution in [0.3, 0.4) is 0 Å². The van der Waals surface area contributed by atoms with Gasteiger partial charge in [-0.2, -0.15) is 5.26 Å². The summed E-state index contributed by atoms with van der Waals surface area (Å²) >= 11 is 0. The molecule has 2 rings (SSSR count). The van der Waals surface area contributed by atoms with Crippen molar-refractivity contribution >= 4 is 23.5 Å². The lowest BCUT2D eigenvalue weighted by Crippen LogP contribution is -2.30. The Hall–Kier alpha value is -3.60. The minimum absolute atomic E-state index is 0.0937. The van der Waals surface area contributed by atoms with Crippen molar-refractivity contribution in [1.82, 2.24) is 4.98 Å². The van der Waals surface area contributed by atoms with Crippen LogP contribution in [0.2, 0.25) is 0 Å². The normalized spacial score (nSPS) is 11.5. The van der Waals surface area contributed by atoms with Crippen molar-refractivity contribution in [3.05, 3.63) is 52.3 Å². The average molecular weight is 397 g/mol. The van der Waals surface area contributed by atoms with Crippen molar-refractivity contribution < 1.29 is 23.9 Å². The second kappa shape index (κ2) is 9.06. The van der Waals surface area contributed by atoms with Crippen LogP contribution in [0.25, 0.3) is 0 Å². The van der Waals surface area contributed by atoms with Crippen molar-refractivity contribution in [3.63, 3.8) is 0 Å². The Morgan fingerprint density at radius 1 is 1.03 bits per heavy atom. The lowest BCUT2D eigenvalue weighted by molar-refractivity contribution is -0.123. The average Bonchev–Trinajstić information content (AvgIpc) is 2.96. The number of ether oxygens (including phenoxy) is 2. The highest BCUT2D eigenvalue weighted by molar-refractivity contribution is 6.00. The molecule has 0 spiro atoms. The Bertz CT molecular complexity index is 967. The summed E-state index contributed by atoms with van der Waals surface area (Å²) in [7, 11) is 0. The van der Waals surface area contributed by atoms with Gasteiger partial charge < -0.3 is 19.8 Å². The van der Waals surface area contributed by atoms with E-state index in [2.05, 4.69) is 10.3 Å². The highest BCUT2D eigenvalue weighted by Gasteiger charge is 2.27. The van der Waals surface area contributed by atoms with Crippen molar-refractivity contribution in [2.24, 2.45) is 0 Å². The number of esters is 2. The molecule has 0 saturated heterocycles. The molecule has 0 saturated carbocycles. The van der Waals surface area contributed by atoms with Crippen LogP contribution in [0.1, 0.15) is 58.4 Å². The van der Waals surface area contributed by atoms with Gasteiger partial charge in [0, 0.05) is 11.4 Å². The second-order valence-corrected chi connectivity index (χ2v) is 6.81. The third-order valence-electron chi connectivity index (χ3n) is 4.12. The van der Waals surface area contributed by atoms with E-state index in [9.17, 15) is 14.4 Å². The fourth-order valence-electron chi connectivity index (χ4n) is 2.68. The van der Waals surface area contributed by atoms with E-state index in [1.165, 1.54) is 6.92 Å². The summed E-state index contributed by atoms with van der Waals surface area (Å²) < 4.78 is 10.4. The number of benzene rings is 1. The van der Waals surface area contributed by atoms with Crippen LogP contribution >= 0.6 is 0 Å². The first-order valence-corrected chi connectivity index (χ1v) is 9.06. The van der Waals surface area contributed by atoms with Gasteiger partial charge in [0.25, 0.3) is 5.91 Å². The Morgan fingerprint density at radius 2 is 1.66 bits per heavy atom. The molecule has 0 unspecified atom stereocenters. The minimum Gasteiger partial charge on any atom is -0.459 e. The Kier molecular flexibility index (Phi) is 6.78. The molecule has 8 heteroatoms. The number of carbonyl (C=O) groups excluding carboxylic acids is 3. The Labute approximate surface area is 168 Å². The maximum absolute atomic E-state index is 12.5. The van der Waals surface area contributed by atoms with Gasteiger partial charge in [0.05, 0.1) is 23.3 Å². The zero-order chi connectivity index (χ0) is 21.7. The zero-order valence-corrected chi connectivity index (χ0v) is 17.0. The van der Waals surface area contributed by atoms with Crippen LogP contribution in [0.5, 0.6) is 0 Å². The Morgan fingerprint density at radius 3 is 2.21 bits per heavy atom. The number of aromatic amines is 1. The molecule has 29 heavy (non-hydrogen) atoms. The van der Waals surface area contributed by atoms with Gasteiger partial charge in [-0.05, 0) is 64.4 Å². The largest absolute Gasteiger partial charge is 0.459 e. The summed E-state index contributed by atoms with van der Waals surface area (Å²) in [6.45, 7) is 8.17. The monoisotopic (exact) mass is 397 g/mol. The molecule has 0 aliphatic rings. The number of rotatable bonds is 6. The van der Waals surface area contributed by atoms with Gasteiger partial charge in [-0.3, -0.25) is 4.79 Å². The Balaban J connectivity index is 2.08. The van der Waals surface area contributed by atoms with E-state index in [1.807, 2.05) is 6.07 Å². The van der Waals surface area contributed by atoms with E-state index in [1.54, 1.807) is 52.0 Å². The number of nitriles is 1. The van der Waals surface area contributed by atoms with E-state index in [0.717, 1.165) is 0 Å². The molecule has 1 aromatic heterocycles. The third kappa shape index (κ3) is 5.23. The number of hydrogen-bond acceptors (Lipinski definition) is 6. The summed E-state index contributed by atoms with van der Waals surface area (Å²) in [5.41, 5.74) is 2.19. The number of H-pyrrole nitrogens is 1. The van der Waals surface area contributed by atoms with Gasteiger partial charge in [0.1, 0.15) is 5.69 Å².